The average molecular weight is 550 g/mol. The second-order valence-electron chi connectivity index (χ2n) is 7.06. The molecule has 0 amide bonds. The van der Waals surface area contributed by atoms with E-state index in [4.69, 9.17) is 9.47 Å². The summed E-state index contributed by atoms with van der Waals surface area (Å²) in [7, 11) is 3.46. The lowest BCUT2D eigenvalue weighted by atomic mass is 10.1. The highest BCUT2D eigenvalue weighted by atomic mass is 127. The second-order valence-corrected chi connectivity index (χ2v) is 7.06. The van der Waals surface area contributed by atoms with Crippen molar-refractivity contribution in [2.24, 2.45) is 4.99 Å². The molecule has 172 valence electrons. The number of pyridine rings is 1. The van der Waals surface area contributed by atoms with E-state index in [0.29, 0.717) is 32.3 Å². The Bertz CT molecular complexity index is 978. The van der Waals surface area contributed by atoms with Gasteiger partial charge >= 0.3 is 0 Å². The number of hydrogen-bond donors (Lipinski definition) is 2. The maximum absolute atomic E-state index is 5.97. The minimum Gasteiger partial charge on any atom is -0.493 e. The van der Waals surface area contributed by atoms with Gasteiger partial charge in [0.15, 0.2) is 11.8 Å². The van der Waals surface area contributed by atoms with E-state index >= 15 is 0 Å². The summed E-state index contributed by atoms with van der Waals surface area (Å²) in [5.74, 6) is 2.38. The Balaban J connectivity index is 0.00000363. The topological polar surface area (TPSA) is 85.6 Å². The van der Waals surface area contributed by atoms with Crippen LogP contribution in [0.1, 0.15) is 23.1 Å². The summed E-state index contributed by atoms with van der Waals surface area (Å²) in [5, 5.41) is 10.9. The summed E-state index contributed by atoms with van der Waals surface area (Å²) in [5.41, 5.74) is 3.33. The van der Waals surface area contributed by atoms with E-state index in [1.807, 2.05) is 24.4 Å². The Kier molecular flexibility index (Phi) is 10.9. The van der Waals surface area contributed by atoms with Gasteiger partial charge in [-0.3, -0.25) is 4.99 Å². The zero-order valence-corrected chi connectivity index (χ0v) is 21.1. The number of nitrogens with zero attached hydrogens (tertiary/aromatic N) is 4. The number of aliphatic imine (C=N–C) groups is 1. The molecule has 0 aliphatic carbocycles. The number of aromatic nitrogens is 3. The summed E-state index contributed by atoms with van der Waals surface area (Å²) < 4.78 is 12.8. The maximum Gasteiger partial charge on any atom is 0.191 e. The lowest BCUT2D eigenvalue weighted by Crippen LogP contribution is -2.36. The largest absolute Gasteiger partial charge is 0.493 e. The van der Waals surface area contributed by atoms with E-state index in [1.165, 1.54) is 5.56 Å². The number of aryl methyl sites for hydroxylation is 1. The van der Waals surface area contributed by atoms with Crippen LogP contribution >= 0.6 is 24.0 Å². The van der Waals surface area contributed by atoms with Crippen LogP contribution in [0.3, 0.4) is 0 Å². The van der Waals surface area contributed by atoms with E-state index in [-0.39, 0.29) is 24.0 Å². The molecule has 8 nitrogen and oxygen atoms in total. The van der Waals surface area contributed by atoms with Crippen LogP contribution in [0, 0.1) is 6.92 Å². The van der Waals surface area contributed by atoms with Crippen molar-refractivity contribution in [3.8, 4) is 11.6 Å². The fourth-order valence-electron chi connectivity index (χ4n) is 3.01. The molecule has 1 aromatic carbocycles. The first kappa shape index (κ1) is 25.6. The molecule has 2 heterocycles. The van der Waals surface area contributed by atoms with Crippen LogP contribution in [-0.2, 0) is 17.8 Å². The molecule has 0 spiro atoms. The Morgan fingerprint density at radius 2 is 1.94 bits per heavy atom. The van der Waals surface area contributed by atoms with Gasteiger partial charge in [-0.25, -0.2) is 9.67 Å². The van der Waals surface area contributed by atoms with Crippen molar-refractivity contribution in [2.75, 3.05) is 27.4 Å². The number of methoxy groups -OCH3 is 1. The first-order valence-electron chi connectivity index (χ1n) is 10.3. The standard InChI is InChI=1S/C23H30N6O2.HI/c1-18-6-7-20(21(14-18)31-13-5-12-30-3)17-27-23(24-2)26-16-19-8-10-25-22(15-19)29-11-4-9-28-29;/h4,6-11,14-15H,5,12-13,16-17H2,1-3H3,(H2,24,26,27);1H. The molecular weight excluding hydrogens is 519 g/mol. The Morgan fingerprint density at radius 3 is 2.69 bits per heavy atom. The minimum absolute atomic E-state index is 0. The summed E-state index contributed by atoms with van der Waals surface area (Å²) in [6.07, 6.45) is 6.24. The summed E-state index contributed by atoms with van der Waals surface area (Å²) in [6, 6.07) is 12.1. The monoisotopic (exact) mass is 550 g/mol. The van der Waals surface area contributed by atoms with Crippen molar-refractivity contribution in [3.05, 3.63) is 71.7 Å². The number of guanidine groups is 1. The highest BCUT2D eigenvalue weighted by molar-refractivity contribution is 14.0. The summed E-state index contributed by atoms with van der Waals surface area (Å²) in [6.45, 7) is 4.59. The Hall–Kier alpha value is -2.66. The van der Waals surface area contributed by atoms with Crippen molar-refractivity contribution in [3.63, 3.8) is 0 Å². The van der Waals surface area contributed by atoms with Crippen molar-refractivity contribution in [2.45, 2.75) is 26.4 Å². The molecule has 2 N–H and O–H groups in total. The van der Waals surface area contributed by atoms with E-state index in [1.54, 1.807) is 31.2 Å². The van der Waals surface area contributed by atoms with Gasteiger partial charge in [0.1, 0.15) is 5.75 Å². The summed E-state index contributed by atoms with van der Waals surface area (Å²) in [4.78, 5) is 8.69. The number of nitrogens with one attached hydrogen (secondary N) is 2. The first-order valence-corrected chi connectivity index (χ1v) is 10.3. The van der Waals surface area contributed by atoms with Crippen molar-refractivity contribution in [1.82, 2.24) is 25.4 Å². The number of benzene rings is 1. The molecule has 9 heteroatoms. The molecule has 0 unspecified atom stereocenters. The highest BCUT2D eigenvalue weighted by Crippen LogP contribution is 2.20. The van der Waals surface area contributed by atoms with Gasteiger partial charge in [-0.2, -0.15) is 5.10 Å². The molecule has 0 bridgehead atoms. The van der Waals surface area contributed by atoms with Crippen LogP contribution in [0.15, 0.2) is 60.0 Å². The fourth-order valence-corrected chi connectivity index (χ4v) is 3.01. The van der Waals surface area contributed by atoms with Gasteiger partial charge in [-0.15, -0.1) is 24.0 Å². The molecule has 0 atom stereocenters. The maximum atomic E-state index is 5.97. The molecule has 32 heavy (non-hydrogen) atoms. The molecule has 0 radical (unpaired) electrons. The number of ether oxygens (including phenoxy) is 2. The van der Waals surface area contributed by atoms with E-state index in [2.05, 4.69) is 50.8 Å². The molecule has 0 aliphatic heterocycles. The van der Waals surface area contributed by atoms with Crippen molar-refractivity contribution < 1.29 is 9.47 Å². The molecule has 0 saturated carbocycles. The quantitative estimate of drug-likeness (QED) is 0.174. The van der Waals surface area contributed by atoms with Gasteiger partial charge in [0.2, 0.25) is 0 Å². The van der Waals surface area contributed by atoms with Crippen LogP contribution in [0.2, 0.25) is 0 Å². The van der Waals surface area contributed by atoms with Crippen LogP contribution in [0.4, 0.5) is 0 Å². The van der Waals surface area contributed by atoms with Gasteiger partial charge < -0.3 is 20.1 Å². The van der Waals surface area contributed by atoms with Gasteiger partial charge in [0.05, 0.1) is 6.61 Å². The molecule has 0 fully saturated rings. The summed E-state index contributed by atoms with van der Waals surface area (Å²) >= 11 is 0. The average Bonchev–Trinajstić information content (AvgIpc) is 3.33. The van der Waals surface area contributed by atoms with Gasteiger partial charge in [0, 0.05) is 64.4 Å². The molecule has 0 aliphatic rings. The van der Waals surface area contributed by atoms with Crippen LogP contribution in [0.25, 0.3) is 5.82 Å². The third kappa shape index (κ3) is 7.79. The smallest absolute Gasteiger partial charge is 0.191 e. The van der Waals surface area contributed by atoms with E-state index < -0.39 is 0 Å². The van der Waals surface area contributed by atoms with Crippen LogP contribution in [-0.4, -0.2) is 48.1 Å². The predicted octanol–water partition coefficient (Wildman–Crippen LogP) is 3.47. The van der Waals surface area contributed by atoms with Crippen LogP contribution < -0.4 is 15.4 Å². The SMILES string of the molecule is CN=C(NCc1ccnc(-n2cccn2)c1)NCc1ccc(C)cc1OCCCOC.I. The zero-order chi connectivity index (χ0) is 21.9. The lowest BCUT2D eigenvalue weighted by molar-refractivity contribution is 0.171. The van der Waals surface area contributed by atoms with Crippen molar-refractivity contribution >= 4 is 29.9 Å². The Labute approximate surface area is 206 Å². The molecular formula is C23H31IN6O2. The first-order chi connectivity index (χ1) is 15.2. The number of hydrogen-bond acceptors (Lipinski definition) is 5. The van der Waals surface area contributed by atoms with Crippen LogP contribution in [0.5, 0.6) is 5.75 Å². The second kappa shape index (κ2) is 13.7. The van der Waals surface area contributed by atoms with Crippen molar-refractivity contribution in [1.29, 1.82) is 0 Å². The third-order valence-corrected chi connectivity index (χ3v) is 4.65. The van der Waals surface area contributed by atoms with Gasteiger partial charge in [-0.05, 0) is 42.3 Å². The third-order valence-electron chi connectivity index (χ3n) is 4.65. The van der Waals surface area contributed by atoms with Gasteiger partial charge in [-0.1, -0.05) is 12.1 Å². The Morgan fingerprint density at radius 1 is 1.09 bits per heavy atom. The molecule has 3 rings (SSSR count). The number of halogens is 1. The normalized spacial score (nSPS) is 11.0. The van der Waals surface area contributed by atoms with E-state index in [9.17, 15) is 0 Å². The van der Waals surface area contributed by atoms with E-state index in [0.717, 1.165) is 29.1 Å². The number of rotatable bonds is 10. The molecule has 2 aromatic heterocycles. The zero-order valence-electron chi connectivity index (χ0n) is 18.7. The predicted molar refractivity (Wildman–Crippen MR) is 137 cm³/mol. The lowest BCUT2D eigenvalue weighted by Gasteiger charge is -2.16. The van der Waals surface area contributed by atoms with Gasteiger partial charge in [0.25, 0.3) is 0 Å². The molecule has 0 saturated heterocycles. The molecule has 3 aromatic rings. The highest BCUT2D eigenvalue weighted by Gasteiger charge is 2.07. The minimum atomic E-state index is 0. The fraction of sp³-hybridized carbons (Fsp3) is 0.348.